The number of nitrogens with one attached hydrogen (secondary N) is 1. The van der Waals surface area contributed by atoms with E-state index >= 15 is 0 Å². The molecule has 0 amide bonds. The molecule has 0 spiro atoms. The molecule has 3 rings (SSSR count). The molecule has 100 valence electrons. The van der Waals surface area contributed by atoms with E-state index in [1.165, 1.54) is 12.8 Å². The minimum Gasteiger partial charge on any atom is -0.463 e. The average Bonchev–Trinajstić information content (AvgIpc) is 2.94. The molecule has 0 aliphatic carbocycles. The zero-order valence-electron chi connectivity index (χ0n) is 11.0. The molecule has 0 saturated carbocycles. The van der Waals surface area contributed by atoms with Gasteiger partial charge in [-0.3, -0.25) is 4.90 Å². The number of likely N-dealkylation sites (tertiary alicyclic amines) is 1. The number of hydrogen-bond acceptors (Lipinski definition) is 4. The maximum Gasteiger partial charge on any atom is 0.118 e. The van der Waals surface area contributed by atoms with E-state index in [2.05, 4.69) is 29.3 Å². The Morgan fingerprint density at radius 2 is 1.94 bits per heavy atom. The second-order valence-electron chi connectivity index (χ2n) is 5.30. The lowest BCUT2D eigenvalue weighted by atomic mass is 10.2. The molecule has 1 aromatic heterocycles. The molecule has 18 heavy (non-hydrogen) atoms. The van der Waals surface area contributed by atoms with Crippen LogP contribution in [0.4, 0.5) is 0 Å². The molecule has 1 aromatic rings. The molecule has 2 atom stereocenters. The highest BCUT2D eigenvalue weighted by atomic mass is 16.5. The molecule has 2 saturated heterocycles. The fraction of sp³-hybridized carbons (Fsp3) is 0.714. The lowest BCUT2D eigenvalue weighted by Crippen LogP contribution is -2.41. The van der Waals surface area contributed by atoms with Crippen LogP contribution < -0.4 is 5.32 Å². The Morgan fingerprint density at radius 1 is 1.22 bits per heavy atom. The molecule has 4 heteroatoms. The Morgan fingerprint density at radius 3 is 2.67 bits per heavy atom. The molecular formula is C14H22N2O2. The van der Waals surface area contributed by atoms with Crippen molar-refractivity contribution in [3.05, 3.63) is 23.7 Å². The highest BCUT2D eigenvalue weighted by Crippen LogP contribution is 2.27. The molecular weight excluding hydrogens is 228 g/mol. The number of fused-ring (bicyclic) bond motifs is 2. The minimum atomic E-state index is 0.458. The fourth-order valence-electron chi connectivity index (χ4n) is 2.90. The van der Waals surface area contributed by atoms with Crippen LogP contribution in [-0.2, 0) is 17.8 Å². The molecule has 2 aliphatic rings. The first-order valence-electron chi connectivity index (χ1n) is 6.99. The van der Waals surface area contributed by atoms with Crippen LogP contribution in [0.1, 0.15) is 31.3 Å². The molecule has 0 aromatic carbocycles. The van der Waals surface area contributed by atoms with E-state index < -0.39 is 0 Å². The summed E-state index contributed by atoms with van der Waals surface area (Å²) in [6, 6.07) is 4.18. The summed E-state index contributed by atoms with van der Waals surface area (Å²) in [5.41, 5.74) is 0. The van der Waals surface area contributed by atoms with Crippen LogP contribution in [0.15, 0.2) is 16.5 Å². The van der Waals surface area contributed by atoms with Crippen molar-refractivity contribution < 1.29 is 9.15 Å². The van der Waals surface area contributed by atoms with Gasteiger partial charge in [-0.05, 0) is 31.5 Å². The summed E-state index contributed by atoms with van der Waals surface area (Å²) in [4.78, 5) is 2.46. The standard InChI is InChI=1S/C14H22N2O2/c1-2-15-7-11-3-4-12(17-11)8-16-9-13-5-6-14(10-16)18-13/h3-4,13-15H,2,5-10H2,1H3. The molecule has 2 fully saturated rings. The lowest BCUT2D eigenvalue weighted by molar-refractivity contribution is -0.0427. The van der Waals surface area contributed by atoms with E-state index in [1.54, 1.807) is 0 Å². The van der Waals surface area contributed by atoms with Crippen molar-refractivity contribution in [2.45, 2.75) is 45.1 Å². The van der Waals surface area contributed by atoms with Gasteiger partial charge < -0.3 is 14.5 Å². The third kappa shape index (κ3) is 2.76. The SMILES string of the molecule is CCNCc1ccc(CN2CC3CCC(C2)O3)o1. The number of morpholine rings is 1. The van der Waals surface area contributed by atoms with Gasteiger partial charge in [0.15, 0.2) is 0 Å². The molecule has 1 N–H and O–H groups in total. The smallest absolute Gasteiger partial charge is 0.118 e. The average molecular weight is 250 g/mol. The third-order valence-electron chi connectivity index (χ3n) is 3.77. The summed E-state index contributed by atoms with van der Waals surface area (Å²) in [6.45, 7) is 6.93. The second kappa shape index (κ2) is 5.43. The second-order valence-corrected chi connectivity index (χ2v) is 5.30. The quantitative estimate of drug-likeness (QED) is 0.864. The predicted octanol–water partition coefficient (Wildman–Crippen LogP) is 1.75. The van der Waals surface area contributed by atoms with Crippen molar-refractivity contribution in [2.75, 3.05) is 19.6 Å². The summed E-state index contributed by atoms with van der Waals surface area (Å²) in [5, 5.41) is 3.28. The van der Waals surface area contributed by atoms with E-state index in [4.69, 9.17) is 9.15 Å². The van der Waals surface area contributed by atoms with Crippen molar-refractivity contribution in [3.63, 3.8) is 0 Å². The van der Waals surface area contributed by atoms with Gasteiger partial charge in [0.2, 0.25) is 0 Å². The highest BCUT2D eigenvalue weighted by molar-refractivity contribution is 5.07. The summed E-state index contributed by atoms with van der Waals surface area (Å²) in [7, 11) is 0. The number of nitrogens with zero attached hydrogens (tertiary/aromatic N) is 1. The first kappa shape index (κ1) is 12.2. The monoisotopic (exact) mass is 250 g/mol. The van der Waals surface area contributed by atoms with Gasteiger partial charge >= 0.3 is 0 Å². The Hall–Kier alpha value is -0.840. The maximum atomic E-state index is 5.84. The minimum absolute atomic E-state index is 0.458. The Balaban J connectivity index is 1.54. The van der Waals surface area contributed by atoms with E-state index in [-0.39, 0.29) is 0 Å². The third-order valence-corrected chi connectivity index (χ3v) is 3.77. The van der Waals surface area contributed by atoms with Crippen LogP contribution in [0.25, 0.3) is 0 Å². The lowest BCUT2D eigenvalue weighted by Gasteiger charge is -2.31. The Kier molecular flexibility index (Phi) is 3.68. The molecule has 2 unspecified atom stereocenters. The Labute approximate surface area is 108 Å². The van der Waals surface area contributed by atoms with E-state index in [1.807, 2.05) is 0 Å². The zero-order valence-corrected chi connectivity index (χ0v) is 11.0. The fourth-order valence-corrected chi connectivity index (χ4v) is 2.90. The van der Waals surface area contributed by atoms with E-state index in [0.717, 1.165) is 44.2 Å². The highest BCUT2D eigenvalue weighted by Gasteiger charge is 2.33. The van der Waals surface area contributed by atoms with Crippen molar-refractivity contribution in [1.29, 1.82) is 0 Å². The Bertz CT molecular complexity index is 379. The van der Waals surface area contributed by atoms with Crippen LogP contribution in [0.5, 0.6) is 0 Å². The largest absolute Gasteiger partial charge is 0.463 e. The number of ether oxygens (including phenoxy) is 1. The summed E-state index contributed by atoms with van der Waals surface area (Å²) in [6.07, 6.45) is 3.37. The molecule has 2 aliphatic heterocycles. The van der Waals surface area contributed by atoms with E-state index in [9.17, 15) is 0 Å². The van der Waals surface area contributed by atoms with Gasteiger partial charge in [-0.15, -0.1) is 0 Å². The first-order valence-corrected chi connectivity index (χ1v) is 6.99. The van der Waals surface area contributed by atoms with Crippen LogP contribution in [0, 0.1) is 0 Å². The van der Waals surface area contributed by atoms with Crippen LogP contribution in [0.2, 0.25) is 0 Å². The molecule has 3 heterocycles. The van der Waals surface area contributed by atoms with Crippen LogP contribution >= 0.6 is 0 Å². The van der Waals surface area contributed by atoms with Gasteiger partial charge in [-0.1, -0.05) is 6.92 Å². The van der Waals surface area contributed by atoms with Crippen LogP contribution in [0.3, 0.4) is 0 Å². The first-order chi connectivity index (χ1) is 8.83. The molecule has 0 radical (unpaired) electrons. The van der Waals surface area contributed by atoms with Gasteiger partial charge in [0.05, 0.1) is 25.3 Å². The molecule has 4 nitrogen and oxygen atoms in total. The summed E-state index contributed by atoms with van der Waals surface area (Å²) >= 11 is 0. The van der Waals surface area contributed by atoms with Gasteiger partial charge in [0, 0.05) is 13.1 Å². The van der Waals surface area contributed by atoms with Gasteiger partial charge in [-0.25, -0.2) is 0 Å². The maximum absolute atomic E-state index is 5.84. The zero-order chi connectivity index (χ0) is 12.4. The summed E-state index contributed by atoms with van der Waals surface area (Å²) in [5.74, 6) is 2.10. The predicted molar refractivity (Wildman–Crippen MR) is 69.3 cm³/mol. The summed E-state index contributed by atoms with van der Waals surface area (Å²) < 4.78 is 11.7. The van der Waals surface area contributed by atoms with Crippen molar-refractivity contribution in [1.82, 2.24) is 10.2 Å². The van der Waals surface area contributed by atoms with Crippen molar-refractivity contribution >= 4 is 0 Å². The van der Waals surface area contributed by atoms with E-state index in [0.29, 0.717) is 12.2 Å². The number of hydrogen-bond donors (Lipinski definition) is 1. The van der Waals surface area contributed by atoms with Crippen molar-refractivity contribution in [3.8, 4) is 0 Å². The number of furan rings is 1. The van der Waals surface area contributed by atoms with Crippen LogP contribution in [-0.4, -0.2) is 36.7 Å². The normalized spacial score (nSPS) is 27.8. The van der Waals surface area contributed by atoms with Gasteiger partial charge in [0.1, 0.15) is 11.5 Å². The van der Waals surface area contributed by atoms with Crippen molar-refractivity contribution in [2.24, 2.45) is 0 Å². The topological polar surface area (TPSA) is 37.6 Å². The molecule has 2 bridgehead atoms. The number of rotatable bonds is 5. The van der Waals surface area contributed by atoms with Gasteiger partial charge in [-0.2, -0.15) is 0 Å². The van der Waals surface area contributed by atoms with Gasteiger partial charge in [0.25, 0.3) is 0 Å².